The zero-order valence-electron chi connectivity index (χ0n) is 10.3. The first-order chi connectivity index (χ1) is 9.24. The summed E-state index contributed by atoms with van der Waals surface area (Å²) in [6.07, 6.45) is 3.80. The lowest BCUT2D eigenvalue weighted by Crippen LogP contribution is -2.39. The molecule has 6 nitrogen and oxygen atoms in total. The molecule has 6 heteroatoms. The largest absolute Gasteiger partial charge is 0.269 e. The Hall–Kier alpha value is -1.98. The molecule has 98 valence electrons. The Morgan fingerprint density at radius 3 is 2.68 bits per heavy atom. The number of hydrogen-bond acceptors (Lipinski definition) is 5. The van der Waals surface area contributed by atoms with Crippen LogP contribution in [-0.4, -0.2) is 17.0 Å². The average Bonchev–Trinajstić information content (AvgIpc) is 3.11. The number of benzene rings is 1. The molecular weight excluding hydrogens is 244 g/mol. The topological polar surface area (TPSA) is 71.1 Å². The summed E-state index contributed by atoms with van der Waals surface area (Å²) in [5.41, 5.74) is 1.03. The number of nitro benzene ring substituents is 1. The highest BCUT2D eigenvalue weighted by atomic mass is 16.6. The highest BCUT2D eigenvalue weighted by Gasteiger charge is 2.53. The molecule has 2 aliphatic carbocycles. The first-order valence-electron chi connectivity index (χ1n) is 6.68. The summed E-state index contributed by atoms with van der Waals surface area (Å²) in [7, 11) is 0. The van der Waals surface area contributed by atoms with Gasteiger partial charge in [0.1, 0.15) is 0 Å². The lowest BCUT2D eigenvalue weighted by atomic mass is 9.91. The minimum absolute atomic E-state index is 0.115. The highest BCUT2D eigenvalue weighted by molar-refractivity contribution is 5.52. The summed E-state index contributed by atoms with van der Waals surface area (Å²) < 4.78 is 0. The maximum atomic E-state index is 10.7. The minimum Gasteiger partial charge on any atom is -0.258 e. The first-order valence-corrected chi connectivity index (χ1v) is 6.68. The number of nitro groups is 1. The van der Waals surface area contributed by atoms with Crippen molar-refractivity contribution in [1.29, 1.82) is 0 Å². The molecule has 0 aromatic heterocycles. The van der Waals surface area contributed by atoms with E-state index in [9.17, 15) is 10.1 Å². The van der Waals surface area contributed by atoms with E-state index in [0.717, 1.165) is 5.69 Å². The van der Waals surface area contributed by atoms with Crippen LogP contribution in [0.1, 0.15) is 19.3 Å². The van der Waals surface area contributed by atoms with Gasteiger partial charge in [-0.25, -0.2) is 5.01 Å². The van der Waals surface area contributed by atoms with E-state index in [1.165, 1.54) is 31.4 Å². The molecule has 2 fully saturated rings. The van der Waals surface area contributed by atoms with Crippen molar-refractivity contribution in [2.45, 2.75) is 31.3 Å². The van der Waals surface area contributed by atoms with Crippen LogP contribution in [0.25, 0.3) is 0 Å². The molecule has 0 N–H and O–H groups in total. The predicted octanol–water partition coefficient (Wildman–Crippen LogP) is 2.95. The summed E-state index contributed by atoms with van der Waals surface area (Å²) in [6, 6.07) is 7.32. The Morgan fingerprint density at radius 1 is 1.21 bits per heavy atom. The van der Waals surface area contributed by atoms with Crippen LogP contribution < -0.4 is 5.01 Å². The minimum atomic E-state index is -0.379. The van der Waals surface area contributed by atoms with E-state index in [2.05, 4.69) is 10.3 Å². The summed E-state index contributed by atoms with van der Waals surface area (Å²) >= 11 is 0. The van der Waals surface area contributed by atoms with E-state index in [1.54, 1.807) is 12.1 Å². The van der Waals surface area contributed by atoms with Crippen LogP contribution in [0.2, 0.25) is 0 Å². The molecular formula is C13H14N4O2. The van der Waals surface area contributed by atoms with E-state index in [0.29, 0.717) is 23.9 Å². The number of anilines is 1. The normalized spacial score (nSPS) is 34.8. The van der Waals surface area contributed by atoms with Crippen molar-refractivity contribution in [3.05, 3.63) is 34.4 Å². The second-order valence-corrected chi connectivity index (χ2v) is 5.64. The molecule has 4 atom stereocenters. The molecule has 0 amide bonds. The second kappa shape index (κ2) is 3.76. The fourth-order valence-corrected chi connectivity index (χ4v) is 3.86. The van der Waals surface area contributed by atoms with Gasteiger partial charge in [-0.3, -0.25) is 10.1 Å². The SMILES string of the molecule is O=[N+]([O-])c1ccc(N2N=N[C@H]3[C@H]4CC[C@H](C4)[C@@H]32)cc1. The Bertz CT molecular complexity index is 556. The van der Waals surface area contributed by atoms with Crippen LogP contribution >= 0.6 is 0 Å². The van der Waals surface area contributed by atoms with Gasteiger partial charge >= 0.3 is 0 Å². The van der Waals surface area contributed by atoms with E-state index >= 15 is 0 Å². The first kappa shape index (κ1) is 10.9. The van der Waals surface area contributed by atoms with Gasteiger partial charge in [-0.15, -0.1) is 0 Å². The molecule has 0 saturated heterocycles. The predicted molar refractivity (Wildman–Crippen MR) is 68.8 cm³/mol. The van der Waals surface area contributed by atoms with Crippen molar-refractivity contribution in [1.82, 2.24) is 0 Å². The van der Waals surface area contributed by atoms with Gasteiger partial charge in [0.2, 0.25) is 0 Å². The van der Waals surface area contributed by atoms with Crippen molar-refractivity contribution >= 4 is 11.4 Å². The maximum Gasteiger partial charge on any atom is 0.269 e. The lowest BCUT2D eigenvalue weighted by molar-refractivity contribution is -0.384. The zero-order chi connectivity index (χ0) is 13.0. The van der Waals surface area contributed by atoms with E-state index in [1.807, 2.05) is 5.01 Å². The van der Waals surface area contributed by atoms with Gasteiger partial charge in [-0.1, -0.05) is 5.22 Å². The quantitative estimate of drug-likeness (QED) is 0.604. The molecule has 1 aromatic carbocycles. The number of non-ortho nitro benzene ring substituents is 1. The molecule has 1 heterocycles. The molecule has 2 bridgehead atoms. The van der Waals surface area contributed by atoms with Crippen molar-refractivity contribution in [2.24, 2.45) is 22.2 Å². The Kier molecular flexibility index (Phi) is 2.15. The van der Waals surface area contributed by atoms with E-state index in [-0.39, 0.29) is 10.6 Å². The number of rotatable bonds is 2. The van der Waals surface area contributed by atoms with Gasteiger partial charge in [0.25, 0.3) is 5.69 Å². The van der Waals surface area contributed by atoms with Crippen molar-refractivity contribution in [3.8, 4) is 0 Å². The smallest absolute Gasteiger partial charge is 0.258 e. The van der Waals surface area contributed by atoms with Crippen molar-refractivity contribution < 1.29 is 4.92 Å². The van der Waals surface area contributed by atoms with Crippen LogP contribution in [0.5, 0.6) is 0 Å². The molecule has 0 unspecified atom stereocenters. The van der Waals surface area contributed by atoms with Gasteiger partial charge in [-0.05, 0) is 43.2 Å². The van der Waals surface area contributed by atoms with Crippen LogP contribution in [0.4, 0.5) is 11.4 Å². The average molecular weight is 258 g/mol. The van der Waals surface area contributed by atoms with Gasteiger partial charge in [0.05, 0.1) is 22.7 Å². The van der Waals surface area contributed by atoms with Gasteiger partial charge in [0.15, 0.2) is 0 Å². The fraction of sp³-hybridized carbons (Fsp3) is 0.538. The van der Waals surface area contributed by atoms with Crippen LogP contribution in [0.15, 0.2) is 34.6 Å². The van der Waals surface area contributed by atoms with Gasteiger partial charge in [-0.2, -0.15) is 5.11 Å². The molecule has 1 aliphatic heterocycles. The third-order valence-corrected chi connectivity index (χ3v) is 4.72. The standard InChI is InChI=1S/C13H14N4O2/c18-17(19)11-5-3-10(4-6-11)16-13-9-2-1-8(7-9)12(13)14-15-16/h3-6,8-9,12-13H,1-2,7H2/t8-,9+,12-,13-/m0/s1. The third-order valence-electron chi connectivity index (χ3n) is 4.72. The Labute approximate surface area is 110 Å². The van der Waals surface area contributed by atoms with Crippen molar-refractivity contribution in [3.63, 3.8) is 0 Å². The molecule has 3 aliphatic rings. The Balaban J connectivity index is 1.63. The van der Waals surface area contributed by atoms with Crippen LogP contribution in [-0.2, 0) is 0 Å². The summed E-state index contributed by atoms with van der Waals surface area (Å²) in [4.78, 5) is 10.3. The zero-order valence-corrected chi connectivity index (χ0v) is 10.3. The molecule has 1 aromatic rings. The third kappa shape index (κ3) is 1.49. The number of nitrogens with zero attached hydrogens (tertiary/aromatic N) is 4. The van der Waals surface area contributed by atoms with E-state index in [4.69, 9.17) is 0 Å². The summed E-state index contributed by atoms with van der Waals surface area (Å²) in [5.74, 6) is 1.38. The van der Waals surface area contributed by atoms with E-state index < -0.39 is 0 Å². The molecule has 0 spiro atoms. The van der Waals surface area contributed by atoms with Gasteiger partial charge < -0.3 is 0 Å². The van der Waals surface area contributed by atoms with Crippen LogP contribution in [0, 0.1) is 22.0 Å². The Morgan fingerprint density at radius 2 is 1.95 bits per heavy atom. The molecule has 0 radical (unpaired) electrons. The maximum absolute atomic E-state index is 10.7. The second-order valence-electron chi connectivity index (χ2n) is 5.64. The molecule has 4 rings (SSSR count). The van der Waals surface area contributed by atoms with Crippen molar-refractivity contribution in [2.75, 3.05) is 5.01 Å². The highest BCUT2D eigenvalue weighted by Crippen LogP contribution is 2.51. The number of fused-ring (bicyclic) bond motifs is 5. The number of hydrogen-bond donors (Lipinski definition) is 0. The fourth-order valence-electron chi connectivity index (χ4n) is 3.86. The monoisotopic (exact) mass is 258 g/mol. The summed E-state index contributed by atoms with van der Waals surface area (Å²) in [5, 5.41) is 21.3. The molecule has 2 saturated carbocycles. The van der Waals surface area contributed by atoms with Crippen LogP contribution in [0.3, 0.4) is 0 Å². The molecule has 19 heavy (non-hydrogen) atoms. The lowest BCUT2D eigenvalue weighted by Gasteiger charge is -2.28. The summed E-state index contributed by atoms with van der Waals surface area (Å²) in [6.45, 7) is 0. The van der Waals surface area contributed by atoms with Gasteiger partial charge in [0, 0.05) is 12.1 Å².